The summed E-state index contributed by atoms with van der Waals surface area (Å²) < 4.78 is 11.3. The van der Waals surface area contributed by atoms with Gasteiger partial charge in [-0.25, -0.2) is 4.79 Å². The summed E-state index contributed by atoms with van der Waals surface area (Å²) in [6.45, 7) is 5.61. The summed E-state index contributed by atoms with van der Waals surface area (Å²) >= 11 is 3.38. The average molecular weight is 420 g/mol. The van der Waals surface area contributed by atoms with Gasteiger partial charge in [-0.3, -0.25) is 4.79 Å². The third kappa shape index (κ3) is 6.19. The van der Waals surface area contributed by atoms with Gasteiger partial charge in [-0.15, -0.1) is 0 Å². The summed E-state index contributed by atoms with van der Waals surface area (Å²) in [6, 6.07) is 13.4. The molecule has 0 heterocycles. The van der Waals surface area contributed by atoms with Crippen LogP contribution in [0.3, 0.4) is 0 Å². The molecule has 0 radical (unpaired) electrons. The fraction of sp³-hybridized carbons (Fsp3) is 0.300. The smallest absolute Gasteiger partial charge is 0.344 e. The summed E-state index contributed by atoms with van der Waals surface area (Å²) in [7, 11) is 0. The van der Waals surface area contributed by atoms with Crippen LogP contribution >= 0.6 is 15.9 Å². The van der Waals surface area contributed by atoms with Crippen molar-refractivity contribution in [3.05, 3.63) is 63.6 Å². The van der Waals surface area contributed by atoms with Crippen LogP contribution in [-0.4, -0.2) is 24.6 Å². The molecule has 2 rings (SSSR count). The minimum absolute atomic E-state index is 0.267. The van der Waals surface area contributed by atoms with Crippen LogP contribution in [0.2, 0.25) is 0 Å². The van der Waals surface area contributed by atoms with E-state index < -0.39 is 12.1 Å². The molecule has 1 amide bonds. The van der Waals surface area contributed by atoms with Gasteiger partial charge in [0.2, 0.25) is 0 Å². The third-order valence-electron chi connectivity index (χ3n) is 3.70. The molecule has 0 aliphatic heterocycles. The summed E-state index contributed by atoms with van der Waals surface area (Å²) in [4.78, 5) is 23.9. The van der Waals surface area contributed by atoms with Gasteiger partial charge in [0.1, 0.15) is 5.75 Å². The number of hydrogen-bond donors (Lipinski definition) is 1. The lowest BCUT2D eigenvalue weighted by Crippen LogP contribution is -2.36. The molecule has 0 aliphatic carbocycles. The van der Waals surface area contributed by atoms with E-state index in [4.69, 9.17) is 9.47 Å². The SMILES string of the molecule is Cc1ccc(CNC(=O)[C@@H](C)OC(=O)COc2ccc(C)cc2Br)cc1. The molecule has 0 aliphatic rings. The Morgan fingerprint density at radius 1 is 1.08 bits per heavy atom. The lowest BCUT2D eigenvalue weighted by atomic mass is 10.1. The second kappa shape index (κ2) is 9.38. The van der Waals surface area contributed by atoms with E-state index in [2.05, 4.69) is 21.2 Å². The number of hydrogen-bond acceptors (Lipinski definition) is 4. The quantitative estimate of drug-likeness (QED) is 0.694. The molecule has 1 atom stereocenters. The van der Waals surface area contributed by atoms with Crippen molar-refractivity contribution >= 4 is 27.8 Å². The maximum Gasteiger partial charge on any atom is 0.344 e. The molecule has 1 N–H and O–H groups in total. The van der Waals surface area contributed by atoms with Crippen molar-refractivity contribution in [2.24, 2.45) is 0 Å². The van der Waals surface area contributed by atoms with Gasteiger partial charge in [-0.1, -0.05) is 35.9 Å². The zero-order valence-electron chi connectivity index (χ0n) is 15.0. The van der Waals surface area contributed by atoms with Crippen molar-refractivity contribution in [2.45, 2.75) is 33.4 Å². The third-order valence-corrected chi connectivity index (χ3v) is 4.32. The van der Waals surface area contributed by atoms with E-state index in [1.54, 1.807) is 6.07 Å². The Balaban J connectivity index is 1.76. The second-order valence-corrected chi connectivity index (χ2v) is 6.91. The Bertz CT molecular complexity index is 774. The maximum atomic E-state index is 12.0. The van der Waals surface area contributed by atoms with Gasteiger partial charge in [0.25, 0.3) is 5.91 Å². The molecule has 26 heavy (non-hydrogen) atoms. The Hall–Kier alpha value is -2.34. The first-order valence-corrected chi connectivity index (χ1v) is 9.06. The Labute approximate surface area is 161 Å². The number of ether oxygens (including phenoxy) is 2. The van der Waals surface area contributed by atoms with E-state index in [1.807, 2.05) is 50.2 Å². The highest BCUT2D eigenvalue weighted by molar-refractivity contribution is 9.10. The van der Waals surface area contributed by atoms with Crippen molar-refractivity contribution < 1.29 is 19.1 Å². The molecule has 0 bridgehead atoms. The van der Waals surface area contributed by atoms with E-state index in [-0.39, 0.29) is 12.5 Å². The fourth-order valence-corrected chi connectivity index (χ4v) is 2.79. The lowest BCUT2D eigenvalue weighted by Gasteiger charge is -2.14. The predicted molar refractivity (Wildman–Crippen MR) is 103 cm³/mol. The first-order valence-electron chi connectivity index (χ1n) is 8.27. The van der Waals surface area contributed by atoms with Crippen molar-refractivity contribution in [2.75, 3.05) is 6.61 Å². The normalized spacial score (nSPS) is 11.5. The Kier molecular flexibility index (Phi) is 7.21. The minimum atomic E-state index is -0.891. The van der Waals surface area contributed by atoms with Crippen molar-refractivity contribution in [1.82, 2.24) is 5.32 Å². The number of esters is 1. The molecule has 0 aromatic heterocycles. The largest absolute Gasteiger partial charge is 0.481 e. The molecule has 0 saturated carbocycles. The highest BCUT2D eigenvalue weighted by Crippen LogP contribution is 2.25. The molecule has 0 saturated heterocycles. The molecule has 2 aromatic carbocycles. The van der Waals surface area contributed by atoms with E-state index in [0.717, 1.165) is 21.2 Å². The van der Waals surface area contributed by atoms with Crippen molar-refractivity contribution in [3.63, 3.8) is 0 Å². The van der Waals surface area contributed by atoms with E-state index in [9.17, 15) is 9.59 Å². The average Bonchev–Trinajstić information content (AvgIpc) is 2.60. The van der Waals surface area contributed by atoms with E-state index >= 15 is 0 Å². The number of benzene rings is 2. The predicted octanol–water partition coefficient (Wildman–Crippen LogP) is 3.69. The van der Waals surface area contributed by atoms with Crippen LogP contribution in [0, 0.1) is 13.8 Å². The lowest BCUT2D eigenvalue weighted by molar-refractivity contribution is -0.156. The maximum absolute atomic E-state index is 12.0. The van der Waals surface area contributed by atoms with Crippen molar-refractivity contribution in [3.8, 4) is 5.75 Å². The zero-order valence-corrected chi connectivity index (χ0v) is 16.6. The van der Waals surface area contributed by atoms with Gasteiger partial charge in [0.05, 0.1) is 4.47 Å². The summed E-state index contributed by atoms with van der Waals surface area (Å²) in [5.41, 5.74) is 3.21. The Morgan fingerprint density at radius 2 is 1.73 bits per heavy atom. The number of amides is 1. The molecule has 0 unspecified atom stereocenters. The number of aryl methyl sites for hydroxylation is 2. The zero-order chi connectivity index (χ0) is 19.1. The number of halogens is 1. The second-order valence-electron chi connectivity index (χ2n) is 6.06. The van der Waals surface area contributed by atoms with Crippen LogP contribution in [0.4, 0.5) is 0 Å². The number of rotatable bonds is 7. The summed E-state index contributed by atoms with van der Waals surface area (Å²) in [5.74, 6) is -0.407. The number of carbonyl (C=O) groups is 2. The van der Waals surface area contributed by atoms with Crippen LogP contribution in [0.1, 0.15) is 23.6 Å². The van der Waals surface area contributed by atoms with E-state index in [0.29, 0.717) is 12.3 Å². The van der Waals surface area contributed by atoms with Crippen LogP contribution < -0.4 is 10.1 Å². The topological polar surface area (TPSA) is 64.6 Å². The van der Waals surface area contributed by atoms with Gasteiger partial charge in [0, 0.05) is 6.54 Å². The van der Waals surface area contributed by atoms with Crippen LogP contribution in [0.25, 0.3) is 0 Å². The molecule has 2 aromatic rings. The van der Waals surface area contributed by atoms with Crippen LogP contribution in [0.5, 0.6) is 5.75 Å². The van der Waals surface area contributed by atoms with Crippen molar-refractivity contribution in [1.29, 1.82) is 0 Å². The molecule has 0 spiro atoms. The number of nitrogens with one attached hydrogen (secondary N) is 1. The summed E-state index contributed by atoms with van der Waals surface area (Å²) in [5, 5.41) is 2.75. The molecule has 5 nitrogen and oxygen atoms in total. The minimum Gasteiger partial charge on any atom is -0.481 e. The first-order chi connectivity index (χ1) is 12.3. The van der Waals surface area contributed by atoms with Gasteiger partial charge < -0.3 is 14.8 Å². The van der Waals surface area contributed by atoms with Gasteiger partial charge in [-0.2, -0.15) is 0 Å². The van der Waals surface area contributed by atoms with Gasteiger partial charge >= 0.3 is 5.97 Å². The van der Waals surface area contributed by atoms with E-state index in [1.165, 1.54) is 6.92 Å². The highest BCUT2D eigenvalue weighted by Gasteiger charge is 2.18. The molecular weight excluding hydrogens is 398 g/mol. The molecular formula is C20H22BrNO4. The molecule has 138 valence electrons. The standard InChI is InChI=1S/C20H22BrNO4/c1-13-4-7-16(8-5-13)11-22-20(24)15(3)26-19(23)12-25-18-9-6-14(2)10-17(18)21/h4-10,15H,11-12H2,1-3H3,(H,22,24)/t15-/m1/s1. The molecule has 0 fully saturated rings. The highest BCUT2D eigenvalue weighted by atomic mass is 79.9. The first kappa shape index (κ1) is 20.0. The number of carbonyl (C=O) groups excluding carboxylic acids is 2. The fourth-order valence-electron chi connectivity index (χ4n) is 2.18. The van der Waals surface area contributed by atoms with Crippen LogP contribution in [0.15, 0.2) is 46.9 Å². The monoisotopic (exact) mass is 419 g/mol. The van der Waals surface area contributed by atoms with Crippen LogP contribution in [-0.2, 0) is 20.9 Å². The Morgan fingerprint density at radius 3 is 2.38 bits per heavy atom. The van der Waals surface area contributed by atoms with Gasteiger partial charge in [0.15, 0.2) is 12.7 Å². The molecule has 6 heteroatoms. The van der Waals surface area contributed by atoms with Gasteiger partial charge in [-0.05, 0) is 60.0 Å². The summed E-state index contributed by atoms with van der Waals surface area (Å²) in [6.07, 6.45) is -0.891.